The number of rotatable bonds is 8. The van der Waals surface area contributed by atoms with E-state index in [1.54, 1.807) is 41.8 Å². The molecule has 0 aliphatic rings. The van der Waals surface area contributed by atoms with Crippen molar-refractivity contribution in [2.24, 2.45) is 0 Å². The summed E-state index contributed by atoms with van der Waals surface area (Å²) in [7, 11) is 0. The Hall–Kier alpha value is -3.12. The van der Waals surface area contributed by atoms with Crippen LogP contribution in [0, 0.1) is 10.7 Å². The van der Waals surface area contributed by atoms with Crippen molar-refractivity contribution < 1.29 is 19.4 Å². The molecule has 0 radical (unpaired) electrons. The van der Waals surface area contributed by atoms with E-state index in [4.69, 9.17) is 4.74 Å². The molecule has 5 nitrogen and oxygen atoms in total. The first-order valence-electron chi connectivity index (χ1n) is 8.63. The molecule has 0 bridgehead atoms. The second kappa shape index (κ2) is 9.00. The number of aliphatic hydroxyl groups excluding tert-OH is 1. The average Bonchev–Trinajstić information content (AvgIpc) is 2.72. The van der Waals surface area contributed by atoms with Crippen molar-refractivity contribution in [3.8, 4) is 16.9 Å². The third-order valence-electron chi connectivity index (χ3n) is 4.21. The lowest BCUT2D eigenvalue weighted by molar-refractivity contribution is -0.379. The summed E-state index contributed by atoms with van der Waals surface area (Å²) in [5.41, 5.74) is 2.38. The molecule has 0 fully saturated rings. The van der Waals surface area contributed by atoms with Gasteiger partial charge in [0.05, 0.1) is 6.10 Å². The topological polar surface area (TPSA) is 73.4 Å². The van der Waals surface area contributed by atoms with E-state index in [1.807, 2.05) is 12.1 Å². The fraction of sp³-hybridized carbons (Fsp3) is 0.190. The molecule has 2 aromatic carbocycles. The molecule has 27 heavy (non-hydrogen) atoms. The molecular formula is C21H20FN2O3+. The molecule has 2 N–H and O–H groups in total. The Labute approximate surface area is 156 Å². The van der Waals surface area contributed by atoms with Crippen LogP contribution >= 0.6 is 0 Å². The maximum Gasteiger partial charge on any atom is 0.254 e. The van der Waals surface area contributed by atoms with Gasteiger partial charge in [-0.3, -0.25) is 4.98 Å². The Morgan fingerprint density at radius 3 is 2.52 bits per heavy atom. The monoisotopic (exact) mass is 367 g/mol. The Morgan fingerprint density at radius 2 is 1.81 bits per heavy atom. The zero-order chi connectivity index (χ0) is 19.1. The molecule has 3 aromatic rings. The smallest absolute Gasteiger partial charge is 0.254 e. The zero-order valence-corrected chi connectivity index (χ0v) is 14.6. The lowest BCUT2D eigenvalue weighted by atomic mass is 10.0. The van der Waals surface area contributed by atoms with E-state index in [0.29, 0.717) is 29.0 Å². The molecule has 0 amide bonds. The molecule has 138 valence electrons. The summed E-state index contributed by atoms with van der Waals surface area (Å²) in [5, 5.41) is 11.8. The van der Waals surface area contributed by atoms with E-state index < -0.39 is 11.9 Å². The van der Waals surface area contributed by atoms with Gasteiger partial charge in [0, 0.05) is 40.2 Å². The van der Waals surface area contributed by atoms with Gasteiger partial charge in [-0.2, -0.15) is 0 Å². The highest BCUT2D eigenvalue weighted by Crippen LogP contribution is 2.26. The number of nitrogens with zero attached hydrogens (tertiary/aromatic N) is 1. The summed E-state index contributed by atoms with van der Waals surface area (Å²) in [5.74, 6) is 0.175. The van der Waals surface area contributed by atoms with Crippen LogP contribution in [0.4, 0.5) is 10.1 Å². The Bertz CT molecular complexity index is 886. The quantitative estimate of drug-likeness (QED) is 0.642. The number of aromatic nitrogens is 1. The van der Waals surface area contributed by atoms with Crippen molar-refractivity contribution in [2.45, 2.75) is 18.9 Å². The third-order valence-corrected chi connectivity index (χ3v) is 4.21. The molecule has 3 rings (SSSR count). The molecule has 0 spiro atoms. The Morgan fingerprint density at radius 1 is 1.07 bits per heavy atom. The number of hydrogen-bond donors (Lipinski definition) is 2. The standard InChI is InChI=1S/C21H19FN2O3/c22-21-8-4-17(24-26)13-20(21)16-2-6-19(7-3-16)27-14-18(25)5-1-15-9-11-23-12-10-15/h2-4,6-13,18,25H,1,5,14H2/p+1. The molecule has 0 saturated heterocycles. The number of nitrogens with one attached hydrogen (secondary N) is 1. The summed E-state index contributed by atoms with van der Waals surface area (Å²) in [4.78, 5) is 14.7. The van der Waals surface area contributed by atoms with Gasteiger partial charge >= 0.3 is 0 Å². The van der Waals surface area contributed by atoms with E-state index in [2.05, 4.69) is 4.98 Å². The number of ether oxygens (including phenoxy) is 1. The second-order valence-electron chi connectivity index (χ2n) is 6.18. The van der Waals surface area contributed by atoms with Gasteiger partial charge in [0.15, 0.2) is 0 Å². The van der Waals surface area contributed by atoms with Gasteiger partial charge in [0.25, 0.3) is 5.69 Å². The summed E-state index contributed by atoms with van der Waals surface area (Å²) in [6, 6.07) is 14.8. The first kappa shape index (κ1) is 18.7. The van der Waals surface area contributed by atoms with Gasteiger partial charge in [-0.15, -0.1) is 0 Å². The minimum absolute atomic E-state index is 0.175. The minimum atomic E-state index is -0.588. The fourth-order valence-corrected chi connectivity index (χ4v) is 2.70. The first-order chi connectivity index (χ1) is 13.2. The average molecular weight is 367 g/mol. The van der Waals surface area contributed by atoms with Crippen molar-refractivity contribution in [3.63, 3.8) is 0 Å². The van der Waals surface area contributed by atoms with Crippen molar-refractivity contribution in [3.05, 3.63) is 83.3 Å². The molecular weight excluding hydrogens is 347 g/mol. The molecule has 0 saturated carbocycles. The van der Waals surface area contributed by atoms with Crippen molar-refractivity contribution in [1.82, 2.24) is 4.98 Å². The minimum Gasteiger partial charge on any atom is -0.491 e. The fourth-order valence-electron chi connectivity index (χ4n) is 2.70. The Balaban J connectivity index is 1.55. The number of hydrogen-bond acceptors (Lipinski definition) is 4. The highest BCUT2D eigenvalue weighted by Gasteiger charge is 2.10. The maximum absolute atomic E-state index is 14.0. The van der Waals surface area contributed by atoms with E-state index >= 15 is 0 Å². The predicted octanol–water partition coefficient (Wildman–Crippen LogP) is 2.74. The Kier molecular flexibility index (Phi) is 6.22. The van der Waals surface area contributed by atoms with Crippen LogP contribution in [0.1, 0.15) is 12.0 Å². The van der Waals surface area contributed by atoms with Crippen LogP contribution in [0.5, 0.6) is 5.75 Å². The number of benzene rings is 2. The number of aliphatic hydroxyl groups is 1. The molecule has 1 aromatic heterocycles. The second-order valence-corrected chi connectivity index (χ2v) is 6.18. The van der Waals surface area contributed by atoms with Gasteiger partial charge in [-0.1, -0.05) is 12.1 Å². The van der Waals surface area contributed by atoms with E-state index in [-0.39, 0.29) is 6.61 Å². The molecule has 0 aliphatic heterocycles. The lowest BCUT2D eigenvalue weighted by Gasteiger charge is -2.13. The van der Waals surface area contributed by atoms with Gasteiger partial charge in [0.1, 0.15) is 18.2 Å². The number of pyridine rings is 1. The van der Waals surface area contributed by atoms with Crippen LogP contribution in [-0.2, 0) is 6.42 Å². The normalized spacial score (nSPS) is 11.8. The van der Waals surface area contributed by atoms with Crippen LogP contribution < -0.4 is 9.91 Å². The molecule has 1 unspecified atom stereocenters. The molecule has 1 atom stereocenters. The summed E-state index contributed by atoms with van der Waals surface area (Å²) < 4.78 is 19.6. The highest BCUT2D eigenvalue weighted by molar-refractivity contribution is 5.67. The summed E-state index contributed by atoms with van der Waals surface area (Å²) >= 11 is 0. The largest absolute Gasteiger partial charge is 0.491 e. The third kappa shape index (κ3) is 5.18. The van der Waals surface area contributed by atoms with Crippen LogP contribution in [0.15, 0.2) is 67.0 Å². The van der Waals surface area contributed by atoms with E-state index in [0.717, 1.165) is 12.0 Å². The zero-order valence-electron chi connectivity index (χ0n) is 14.6. The van der Waals surface area contributed by atoms with Gasteiger partial charge in [-0.25, -0.2) is 4.39 Å². The lowest BCUT2D eigenvalue weighted by Crippen LogP contribution is -2.55. The molecule has 1 heterocycles. The van der Waals surface area contributed by atoms with E-state index in [1.165, 1.54) is 18.2 Å². The van der Waals surface area contributed by atoms with Crippen molar-refractivity contribution in [2.75, 3.05) is 6.61 Å². The van der Waals surface area contributed by atoms with Crippen molar-refractivity contribution in [1.29, 1.82) is 0 Å². The highest BCUT2D eigenvalue weighted by atomic mass is 19.1. The van der Waals surface area contributed by atoms with Gasteiger partial charge < -0.3 is 9.84 Å². The van der Waals surface area contributed by atoms with Crippen LogP contribution in [0.3, 0.4) is 0 Å². The summed E-state index contributed by atoms with van der Waals surface area (Å²) in [6.07, 6.45) is 4.20. The molecule has 6 heteroatoms. The van der Waals surface area contributed by atoms with E-state index in [9.17, 15) is 14.4 Å². The summed E-state index contributed by atoms with van der Waals surface area (Å²) in [6.45, 7) is 0.175. The van der Waals surface area contributed by atoms with Crippen LogP contribution in [0.25, 0.3) is 11.1 Å². The van der Waals surface area contributed by atoms with Crippen LogP contribution in [0.2, 0.25) is 0 Å². The predicted molar refractivity (Wildman–Crippen MR) is 99.9 cm³/mol. The molecule has 0 aliphatic carbocycles. The maximum atomic E-state index is 14.0. The van der Waals surface area contributed by atoms with Crippen LogP contribution in [-0.4, -0.2) is 22.8 Å². The number of nitroso groups, excluding NO2 is 1. The first-order valence-corrected chi connectivity index (χ1v) is 8.63. The number of aryl methyl sites for hydroxylation is 1. The SMILES string of the molecule is O=[NH+]c1ccc(F)c(-c2ccc(OCC(O)CCc3ccncc3)cc2)c1. The van der Waals surface area contributed by atoms with Gasteiger partial charge in [-0.05, 0) is 54.3 Å². The van der Waals surface area contributed by atoms with Gasteiger partial charge in [0.2, 0.25) is 0 Å². The number of halogens is 1. The van der Waals surface area contributed by atoms with Crippen molar-refractivity contribution >= 4 is 5.69 Å².